The zero-order valence-electron chi connectivity index (χ0n) is 13.2. The number of carbonyl (C=O) groups is 1. The maximum absolute atomic E-state index is 12.3. The average molecular weight is 284 g/mol. The van der Waals surface area contributed by atoms with Gasteiger partial charge in [0.15, 0.2) is 0 Å². The summed E-state index contributed by atoms with van der Waals surface area (Å²) >= 11 is 0. The van der Waals surface area contributed by atoms with Gasteiger partial charge in [0.1, 0.15) is 5.60 Å². The van der Waals surface area contributed by atoms with Crippen LogP contribution >= 0.6 is 0 Å². The van der Waals surface area contributed by atoms with Crippen LogP contribution in [-0.2, 0) is 4.74 Å². The van der Waals surface area contributed by atoms with Crippen LogP contribution in [0.1, 0.15) is 47.5 Å². The molecule has 1 heterocycles. The minimum Gasteiger partial charge on any atom is -0.444 e. The Balaban J connectivity index is 2.10. The SMILES string of the molecule is CC(C)C1N(C(=O)OC(C)(C)C)CC12C[C@@H](N)[C@H](O)C2. The van der Waals surface area contributed by atoms with Gasteiger partial charge in [0, 0.05) is 24.0 Å². The van der Waals surface area contributed by atoms with Crippen LogP contribution < -0.4 is 5.73 Å². The van der Waals surface area contributed by atoms with E-state index in [1.54, 1.807) is 4.90 Å². The van der Waals surface area contributed by atoms with Gasteiger partial charge in [-0.05, 0) is 39.5 Å². The van der Waals surface area contributed by atoms with Crippen molar-refractivity contribution in [2.45, 2.75) is 71.2 Å². The van der Waals surface area contributed by atoms with Crippen LogP contribution in [-0.4, -0.2) is 46.4 Å². The molecule has 0 radical (unpaired) electrons. The molecule has 1 spiro atoms. The van der Waals surface area contributed by atoms with Gasteiger partial charge in [-0.2, -0.15) is 0 Å². The van der Waals surface area contributed by atoms with E-state index in [9.17, 15) is 9.90 Å². The summed E-state index contributed by atoms with van der Waals surface area (Å²) in [6, 6.07) is -0.0578. The van der Waals surface area contributed by atoms with Crippen molar-refractivity contribution >= 4 is 6.09 Å². The van der Waals surface area contributed by atoms with Crippen molar-refractivity contribution in [3.63, 3.8) is 0 Å². The fourth-order valence-electron chi connectivity index (χ4n) is 3.94. The maximum Gasteiger partial charge on any atom is 0.410 e. The first-order valence-corrected chi connectivity index (χ1v) is 7.49. The number of rotatable bonds is 1. The summed E-state index contributed by atoms with van der Waals surface area (Å²) in [5.41, 5.74) is 5.46. The molecule has 116 valence electrons. The predicted molar refractivity (Wildman–Crippen MR) is 77.2 cm³/mol. The van der Waals surface area contributed by atoms with Gasteiger partial charge in [-0.25, -0.2) is 4.79 Å². The molecule has 2 unspecified atom stereocenters. The van der Waals surface area contributed by atoms with Crippen LogP contribution in [0.25, 0.3) is 0 Å². The van der Waals surface area contributed by atoms with E-state index in [0.717, 1.165) is 6.42 Å². The smallest absolute Gasteiger partial charge is 0.410 e. The largest absolute Gasteiger partial charge is 0.444 e. The molecule has 1 saturated carbocycles. The molecule has 0 bridgehead atoms. The molecule has 5 heteroatoms. The zero-order chi connectivity index (χ0) is 15.3. The Bertz CT molecular complexity index is 379. The van der Waals surface area contributed by atoms with Crippen LogP contribution in [0.3, 0.4) is 0 Å². The minimum absolute atomic E-state index is 0.0239. The molecule has 0 aromatic rings. The third-order valence-corrected chi connectivity index (χ3v) is 4.46. The highest BCUT2D eigenvalue weighted by atomic mass is 16.6. The topological polar surface area (TPSA) is 75.8 Å². The van der Waals surface area contributed by atoms with E-state index in [4.69, 9.17) is 10.5 Å². The van der Waals surface area contributed by atoms with Gasteiger partial charge in [0.05, 0.1) is 6.10 Å². The number of nitrogens with zero attached hydrogens (tertiary/aromatic N) is 1. The lowest BCUT2D eigenvalue weighted by atomic mass is 9.66. The van der Waals surface area contributed by atoms with Gasteiger partial charge in [-0.1, -0.05) is 13.8 Å². The van der Waals surface area contributed by atoms with Crippen molar-refractivity contribution < 1.29 is 14.6 Å². The summed E-state index contributed by atoms with van der Waals surface area (Å²) in [7, 11) is 0. The number of hydrogen-bond acceptors (Lipinski definition) is 4. The molecule has 4 atom stereocenters. The first kappa shape index (κ1) is 15.6. The van der Waals surface area contributed by atoms with Crippen molar-refractivity contribution in [3.8, 4) is 0 Å². The molecule has 2 rings (SSSR count). The molecule has 0 aromatic heterocycles. The van der Waals surface area contributed by atoms with Crippen molar-refractivity contribution in [2.24, 2.45) is 17.1 Å². The number of likely N-dealkylation sites (tertiary alicyclic amines) is 1. The van der Waals surface area contributed by atoms with Crippen molar-refractivity contribution in [2.75, 3.05) is 6.54 Å². The molecular weight excluding hydrogens is 256 g/mol. The molecule has 3 N–H and O–H groups in total. The van der Waals surface area contributed by atoms with E-state index in [1.807, 2.05) is 20.8 Å². The lowest BCUT2D eigenvalue weighted by Gasteiger charge is -2.57. The van der Waals surface area contributed by atoms with E-state index in [0.29, 0.717) is 18.9 Å². The summed E-state index contributed by atoms with van der Waals surface area (Å²) < 4.78 is 5.47. The van der Waals surface area contributed by atoms with E-state index in [2.05, 4.69) is 13.8 Å². The number of nitrogens with two attached hydrogens (primary N) is 1. The van der Waals surface area contributed by atoms with Crippen LogP contribution in [0.4, 0.5) is 4.79 Å². The summed E-state index contributed by atoms with van der Waals surface area (Å²) in [5, 5.41) is 9.95. The van der Waals surface area contributed by atoms with Gasteiger partial charge in [0.2, 0.25) is 0 Å². The molecule has 2 aliphatic rings. The van der Waals surface area contributed by atoms with Gasteiger partial charge in [-0.3, -0.25) is 0 Å². The van der Waals surface area contributed by atoms with E-state index in [-0.39, 0.29) is 23.6 Å². The highest BCUT2D eigenvalue weighted by Gasteiger charge is 2.60. The number of ether oxygens (including phenoxy) is 1. The molecular formula is C15H28N2O3. The van der Waals surface area contributed by atoms with Crippen LogP contribution in [0, 0.1) is 11.3 Å². The third kappa shape index (κ3) is 2.66. The maximum atomic E-state index is 12.3. The number of carbonyl (C=O) groups excluding carboxylic acids is 1. The number of hydrogen-bond donors (Lipinski definition) is 2. The van der Waals surface area contributed by atoms with E-state index < -0.39 is 11.7 Å². The number of amides is 1. The van der Waals surface area contributed by atoms with Gasteiger partial charge in [-0.15, -0.1) is 0 Å². The minimum atomic E-state index is -0.479. The van der Waals surface area contributed by atoms with Gasteiger partial charge >= 0.3 is 6.09 Å². The lowest BCUT2D eigenvalue weighted by Crippen LogP contribution is -2.68. The van der Waals surface area contributed by atoms with Crippen molar-refractivity contribution in [3.05, 3.63) is 0 Å². The van der Waals surface area contributed by atoms with Crippen LogP contribution in [0.2, 0.25) is 0 Å². The Morgan fingerprint density at radius 3 is 2.40 bits per heavy atom. The Hall–Kier alpha value is -0.810. The second-order valence-electron chi connectivity index (χ2n) is 7.80. The molecule has 5 nitrogen and oxygen atoms in total. The lowest BCUT2D eigenvalue weighted by molar-refractivity contribution is -0.0995. The average Bonchev–Trinajstić information content (AvgIpc) is 2.50. The Labute approximate surface area is 121 Å². The van der Waals surface area contributed by atoms with Crippen molar-refractivity contribution in [1.82, 2.24) is 4.90 Å². The van der Waals surface area contributed by atoms with E-state index >= 15 is 0 Å². The second kappa shape index (κ2) is 4.88. The summed E-state index contributed by atoms with van der Waals surface area (Å²) in [6.07, 6.45) is 0.779. The Morgan fingerprint density at radius 2 is 2.00 bits per heavy atom. The molecule has 20 heavy (non-hydrogen) atoms. The first-order valence-electron chi connectivity index (χ1n) is 7.49. The summed E-state index contributed by atoms with van der Waals surface area (Å²) in [6.45, 7) is 10.5. The Morgan fingerprint density at radius 1 is 1.40 bits per heavy atom. The normalized spacial score (nSPS) is 37.4. The number of aliphatic hydroxyl groups excluding tert-OH is 1. The fourth-order valence-corrected chi connectivity index (χ4v) is 3.94. The molecule has 2 fully saturated rings. The standard InChI is InChI=1S/C15H28N2O3/c1-9(2)12-15(6-10(16)11(18)7-15)8-17(12)13(19)20-14(3,4)5/h9-12,18H,6-8,16H2,1-5H3/t10-,11-,12?,15?/m1/s1. The molecule has 0 aromatic carbocycles. The first-order chi connectivity index (χ1) is 9.06. The predicted octanol–water partition coefficient (Wildman–Crippen LogP) is 1.73. The highest BCUT2D eigenvalue weighted by molar-refractivity contribution is 5.70. The quantitative estimate of drug-likeness (QED) is 0.769. The Kier molecular flexibility index (Phi) is 3.80. The molecule has 1 aliphatic carbocycles. The molecule has 1 amide bonds. The fraction of sp³-hybridized carbons (Fsp3) is 0.933. The van der Waals surface area contributed by atoms with Gasteiger partial charge in [0.25, 0.3) is 0 Å². The summed E-state index contributed by atoms with van der Waals surface area (Å²) in [4.78, 5) is 14.1. The van der Waals surface area contributed by atoms with Gasteiger partial charge < -0.3 is 20.5 Å². The summed E-state index contributed by atoms with van der Waals surface area (Å²) in [5.74, 6) is 0.328. The van der Waals surface area contributed by atoms with E-state index in [1.165, 1.54) is 0 Å². The van der Waals surface area contributed by atoms with Crippen molar-refractivity contribution in [1.29, 1.82) is 0 Å². The molecule has 1 saturated heterocycles. The molecule has 1 aliphatic heterocycles. The zero-order valence-corrected chi connectivity index (χ0v) is 13.2. The van der Waals surface area contributed by atoms with Crippen LogP contribution in [0.15, 0.2) is 0 Å². The third-order valence-electron chi connectivity index (χ3n) is 4.46. The van der Waals surface area contributed by atoms with Crippen LogP contribution in [0.5, 0.6) is 0 Å². The highest BCUT2D eigenvalue weighted by Crippen LogP contribution is 2.52. The monoisotopic (exact) mass is 284 g/mol. The number of aliphatic hydroxyl groups is 1. The second-order valence-corrected chi connectivity index (χ2v) is 7.80.